The maximum absolute atomic E-state index is 13.7. The fourth-order valence-corrected chi connectivity index (χ4v) is 4.95. The van der Waals surface area contributed by atoms with E-state index in [1.165, 1.54) is 54.3 Å². The minimum atomic E-state index is -0.155. The Labute approximate surface area is 142 Å². The van der Waals surface area contributed by atoms with Crippen molar-refractivity contribution in [3.63, 3.8) is 0 Å². The fourth-order valence-electron chi connectivity index (χ4n) is 4.95. The van der Waals surface area contributed by atoms with Crippen LogP contribution in [0.4, 0.5) is 10.1 Å². The average Bonchev–Trinajstić information content (AvgIpc) is 2.77. The molecule has 124 valence electrons. The van der Waals surface area contributed by atoms with Gasteiger partial charge in [0, 0.05) is 30.7 Å². The maximum Gasteiger partial charge on any atom is 0.123 e. The molecule has 3 heteroatoms. The van der Waals surface area contributed by atoms with Crippen LogP contribution in [-0.4, -0.2) is 25.7 Å². The van der Waals surface area contributed by atoms with Gasteiger partial charge in [-0.15, -0.1) is 0 Å². The first-order valence-corrected chi connectivity index (χ1v) is 9.21. The first-order chi connectivity index (χ1) is 11.8. The average molecular weight is 322 g/mol. The van der Waals surface area contributed by atoms with E-state index in [0.717, 1.165) is 25.1 Å². The molecular weight excluding hydrogens is 299 g/mol. The molecule has 1 fully saturated rings. The van der Waals surface area contributed by atoms with Crippen molar-refractivity contribution in [3.8, 4) is 11.1 Å². The third-order valence-corrected chi connectivity index (χ3v) is 6.00. The van der Waals surface area contributed by atoms with E-state index in [2.05, 4.69) is 22.3 Å². The maximum atomic E-state index is 13.7. The summed E-state index contributed by atoms with van der Waals surface area (Å²) in [6, 6.07) is 12.3. The Morgan fingerprint density at radius 2 is 2.04 bits per heavy atom. The Hall–Kier alpha value is -1.87. The molecule has 0 aromatic heterocycles. The van der Waals surface area contributed by atoms with E-state index in [1.54, 1.807) is 6.07 Å². The van der Waals surface area contributed by atoms with Gasteiger partial charge in [0.25, 0.3) is 0 Å². The number of rotatable bonds is 1. The highest BCUT2D eigenvalue weighted by Gasteiger charge is 2.41. The van der Waals surface area contributed by atoms with Crippen molar-refractivity contribution < 1.29 is 4.39 Å². The lowest BCUT2D eigenvalue weighted by atomic mass is 9.87. The number of anilines is 1. The van der Waals surface area contributed by atoms with Crippen molar-refractivity contribution in [2.45, 2.75) is 37.6 Å². The number of piperidine rings is 1. The smallest absolute Gasteiger partial charge is 0.123 e. The zero-order valence-corrected chi connectivity index (χ0v) is 13.9. The predicted molar refractivity (Wildman–Crippen MR) is 96.1 cm³/mol. The highest BCUT2D eigenvalue weighted by Crippen LogP contribution is 2.48. The van der Waals surface area contributed by atoms with Crippen LogP contribution < -0.4 is 10.2 Å². The first kappa shape index (κ1) is 14.5. The SMILES string of the molecule is Fc1cccc(-c2cc3c4c(c2)[C@@H]2CNCC[C@@H]2N4CCCC3)c1. The zero-order valence-electron chi connectivity index (χ0n) is 13.9. The lowest BCUT2D eigenvalue weighted by Gasteiger charge is -2.33. The Balaban J connectivity index is 1.68. The number of hydrogen-bond acceptors (Lipinski definition) is 2. The number of hydrogen-bond donors (Lipinski definition) is 1. The van der Waals surface area contributed by atoms with Crippen LogP contribution in [0.15, 0.2) is 36.4 Å². The van der Waals surface area contributed by atoms with Crippen LogP contribution >= 0.6 is 0 Å². The molecule has 3 aliphatic heterocycles. The molecule has 5 rings (SSSR count). The van der Waals surface area contributed by atoms with Crippen molar-refractivity contribution in [1.82, 2.24) is 5.32 Å². The molecule has 0 unspecified atom stereocenters. The molecule has 24 heavy (non-hydrogen) atoms. The molecule has 0 bridgehead atoms. The van der Waals surface area contributed by atoms with Crippen LogP contribution in [0.3, 0.4) is 0 Å². The van der Waals surface area contributed by atoms with E-state index in [9.17, 15) is 4.39 Å². The van der Waals surface area contributed by atoms with E-state index >= 15 is 0 Å². The Bertz CT molecular complexity index is 785. The highest BCUT2D eigenvalue weighted by atomic mass is 19.1. The summed E-state index contributed by atoms with van der Waals surface area (Å²) in [7, 11) is 0. The van der Waals surface area contributed by atoms with Gasteiger partial charge in [-0.2, -0.15) is 0 Å². The van der Waals surface area contributed by atoms with E-state index in [-0.39, 0.29) is 5.82 Å². The molecule has 3 aliphatic rings. The highest BCUT2D eigenvalue weighted by molar-refractivity contribution is 5.76. The minimum Gasteiger partial charge on any atom is -0.367 e. The summed E-state index contributed by atoms with van der Waals surface area (Å²) in [6.07, 6.45) is 4.91. The van der Waals surface area contributed by atoms with Gasteiger partial charge in [0.05, 0.1) is 0 Å². The van der Waals surface area contributed by atoms with Crippen molar-refractivity contribution in [1.29, 1.82) is 0 Å². The largest absolute Gasteiger partial charge is 0.367 e. The Morgan fingerprint density at radius 3 is 2.96 bits per heavy atom. The van der Waals surface area contributed by atoms with Gasteiger partial charge in [0.15, 0.2) is 0 Å². The molecular formula is C21H23FN2. The molecule has 2 aromatic rings. The molecule has 2 atom stereocenters. The number of fused-ring (bicyclic) bond motifs is 3. The van der Waals surface area contributed by atoms with Gasteiger partial charge < -0.3 is 10.2 Å². The third kappa shape index (κ3) is 2.18. The summed E-state index contributed by atoms with van der Waals surface area (Å²) in [5.74, 6) is 0.428. The molecule has 2 nitrogen and oxygen atoms in total. The van der Waals surface area contributed by atoms with Crippen LogP contribution in [0, 0.1) is 5.82 Å². The van der Waals surface area contributed by atoms with E-state index in [1.807, 2.05) is 12.1 Å². The Kier molecular flexibility index (Phi) is 3.37. The van der Waals surface area contributed by atoms with E-state index in [0.29, 0.717) is 12.0 Å². The summed E-state index contributed by atoms with van der Waals surface area (Å²) in [5, 5.41) is 3.58. The number of benzene rings is 2. The summed E-state index contributed by atoms with van der Waals surface area (Å²) in [5.41, 5.74) is 6.64. The van der Waals surface area contributed by atoms with Gasteiger partial charge in [-0.05, 0) is 78.7 Å². The summed E-state index contributed by atoms with van der Waals surface area (Å²) in [4.78, 5) is 2.69. The fraction of sp³-hybridized carbons (Fsp3) is 0.429. The van der Waals surface area contributed by atoms with Gasteiger partial charge in [0.1, 0.15) is 5.82 Å². The summed E-state index contributed by atoms with van der Waals surface area (Å²) >= 11 is 0. The van der Waals surface area contributed by atoms with E-state index in [4.69, 9.17) is 0 Å². The third-order valence-electron chi connectivity index (χ3n) is 6.00. The molecule has 0 saturated carbocycles. The second-order valence-corrected chi connectivity index (χ2v) is 7.40. The lowest BCUT2D eigenvalue weighted by molar-refractivity contribution is 0.401. The molecule has 2 aromatic carbocycles. The van der Waals surface area contributed by atoms with Crippen molar-refractivity contribution in [2.24, 2.45) is 0 Å². The molecule has 3 heterocycles. The Morgan fingerprint density at radius 1 is 1.08 bits per heavy atom. The molecule has 0 radical (unpaired) electrons. The molecule has 0 spiro atoms. The van der Waals surface area contributed by atoms with Gasteiger partial charge in [-0.3, -0.25) is 0 Å². The van der Waals surface area contributed by atoms with Crippen molar-refractivity contribution in [2.75, 3.05) is 24.5 Å². The van der Waals surface area contributed by atoms with Crippen molar-refractivity contribution in [3.05, 3.63) is 53.3 Å². The molecule has 0 aliphatic carbocycles. The van der Waals surface area contributed by atoms with Crippen LogP contribution in [0.2, 0.25) is 0 Å². The topological polar surface area (TPSA) is 15.3 Å². The minimum absolute atomic E-state index is 0.155. The number of nitrogens with zero attached hydrogens (tertiary/aromatic N) is 1. The first-order valence-electron chi connectivity index (χ1n) is 9.21. The molecule has 1 saturated heterocycles. The van der Waals surface area contributed by atoms with Gasteiger partial charge >= 0.3 is 0 Å². The molecule has 0 amide bonds. The van der Waals surface area contributed by atoms with Crippen molar-refractivity contribution >= 4 is 5.69 Å². The number of aryl methyl sites for hydroxylation is 1. The normalized spacial score (nSPS) is 25.1. The number of nitrogens with one attached hydrogen (secondary N) is 1. The van der Waals surface area contributed by atoms with Gasteiger partial charge in [-0.1, -0.05) is 12.1 Å². The predicted octanol–water partition coefficient (Wildman–Crippen LogP) is 4.09. The summed E-state index contributed by atoms with van der Waals surface area (Å²) in [6.45, 7) is 3.39. The zero-order chi connectivity index (χ0) is 16.1. The lowest BCUT2D eigenvalue weighted by Crippen LogP contribution is -2.44. The van der Waals surface area contributed by atoms with Crippen LogP contribution in [0.5, 0.6) is 0 Å². The monoisotopic (exact) mass is 322 g/mol. The summed E-state index contributed by atoms with van der Waals surface area (Å²) < 4.78 is 13.7. The van der Waals surface area contributed by atoms with Crippen LogP contribution in [-0.2, 0) is 6.42 Å². The second-order valence-electron chi connectivity index (χ2n) is 7.40. The van der Waals surface area contributed by atoms with Gasteiger partial charge in [-0.25, -0.2) is 4.39 Å². The molecule has 1 N–H and O–H groups in total. The van der Waals surface area contributed by atoms with Gasteiger partial charge in [0.2, 0.25) is 0 Å². The second kappa shape index (κ2) is 5.59. The standard InChI is InChI=1S/C21H23FN2/c22-17-6-3-5-14(11-17)16-10-15-4-1-2-9-24-20-7-8-23-13-19(20)18(12-16)21(15)24/h3,5-6,10-12,19-20,23H,1-2,4,7-9,13H2/t19-,20-/m0/s1. The number of halogens is 1. The quantitative estimate of drug-likeness (QED) is 0.850. The van der Waals surface area contributed by atoms with E-state index < -0.39 is 0 Å². The van der Waals surface area contributed by atoms with Crippen LogP contribution in [0.25, 0.3) is 11.1 Å². The van der Waals surface area contributed by atoms with Crippen LogP contribution in [0.1, 0.15) is 36.3 Å².